The predicted octanol–water partition coefficient (Wildman–Crippen LogP) is 3.77. The lowest BCUT2D eigenvalue weighted by Gasteiger charge is -2.32. The SMILES string of the molecule is C[C@@H](Oc1ccc(C(C)(C)C)cc1)C(=O)NC1CCN(C(=O)c2ccco2)CC1. The molecule has 1 atom stereocenters. The Bertz CT molecular complexity index is 814. The maximum atomic E-state index is 12.5. The van der Waals surface area contributed by atoms with Gasteiger partial charge in [-0.3, -0.25) is 9.59 Å². The van der Waals surface area contributed by atoms with Crippen molar-refractivity contribution in [2.75, 3.05) is 13.1 Å². The highest BCUT2D eigenvalue weighted by Crippen LogP contribution is 2.24. The molecule has 0 unspecified atom stereocenters. The number of piperidine rings is 1. The third-order valence-electron chi connectivity index (χ3n) is 5.26. The van der Waals surface area contributed by atoms with Gasteiger partial charge in [0.05, 0.1) is 6.26 Å². The Labute approximate surface area is 172 Å². The first kappa shape index (κ1) is 21.0. The molecule has 2 heterocycles. The molecule has 0 bridgehead atoms. The van der Waals surface area contributed by atoms with E-state index in [1.54, 1.807) is 24.0 Å². The molecule has 1 aromatic carbocycles. The van der Waals surface area contributed by atoms with Crippen LogP contribution in [0.2, 0.25) is 0 Å². The van der Waals surface area contributed by atoms with Gasteiger partial charge in [0, 0.05) is 19.1 Å². The molecule has 0 saturated carbocycles. The molecule has 6 heteroatoms. The van der Waals surface area contributed by atoms with Crippen molar-refractivity contribution in [3.63, 3.8) is 0 Å². The summed E-state index contributed by atoms with van der Waals surface area (Å²) in [6.07, 6.45) is 2.34. The number of ether oxygens (including phenoxy) is 1. The van der Waals surface area contributed by atoms with Crippen LogP contribution in [-0.4, -0.2) is 41.9 Å². The van der Waals surface area contributed by atoms with E-state index in [1.165, 1.54) is 11.8 Å². The minimum Gasteiger partial charge on any atom is -0.481 e. The molecule has 0 spiro atoms. The second-order valence-corrected chi connectivity index (χ2v) is 8.59. The molecule has 1 N–H and O–H groups in total. The highest BCUT2D eigenvalue weighted by Gasteiger charge is 2.27. The Morgan fingerprint density at radius 3 is 2.34 bits per heavy atom. The molecule has 1 saturated heterocycles. The number of amides is 2. The number of benzene rings is 1. The zero-order valence-electron chi connectivity index (χ0n) is 17.6. The van der Waals surface area contributed by atoms with Gasteiger partial charge in [-0.25, -0.2) is 0 Å². The van der Waals surface area contributed by atoms with Gasteiger partial charge in [-0.05, 0) is 55.0 Å². The Morgan fingerprint density at radius 1 is 1.14 bits per heavy atom. The van der Waals surface area contributed by atoms with Crippen molar-refractivity contribution >= 4 is 11.8 Å². The smallest absolute Gasteiger partial charge is 0.289 e. The Morgan fingerprint density at radius 2 is 1.79 bits per heavy atom. The number of carbonyl (C=O) groups is 2. The lowest BCUT2D eigenvalue weighted by atomic mass is 9.87. The fourth-order valence-corrected chi connectivity index (χ4v) is 3.39. The minimum absolute atomic E-state index is 0.0393. The van der Waals surface area contributed by atoms with Gasteiger partial charge in [-0.1, -0.05) is 32.9 Å². The first-order chi connectivity index (χ1) is 13.7. The molecule has 3 rings (SSSR count). The largest absolute Gasteiger partial charge is 0.481 e. The van der Waals surface area contributed by atoms with E-state index in [-0.39, 0.29) is 23.3 Å². The number of nitrogens with zero attached hydrogens (tertiary/aromatic N) is 1. The summed E-state index contributed by atoms with van der Waals surface area (Å²) in [7, 11) is 0. The summed E-state index contributed by atoms with van der Waals surface area (Å²) >= 11 is 0. The normalized spacial score (nSPS) is 16.3. The Hall–Kier alpha value is -2.76. The monoisotopic (exact) mass is 398 g/mol. The number of likely N-dealkylation sites (tertiary alicyclic amines) is 1. The zero-order valence-corrected chi connectivity index (χ0v) is 17.6. The topological polar surface area (TPSA) is 71.8 Å². The van der Waals surface area contributed by atoms with E-state index >= 15 is 0 Å². The van der Waals surface area contributed by atoms with Crippen LogP contribution < -0.4 is 10.1 Å². The quantitative estimate of drug-likeness (QED) is 0.832. The number of furan rings is 1. The highest BCUT2D eigenvalue weighted by molar-refractivity contribution is 5.91. The lowest BCUT2D eigenvalue weighted by Crippen LogP contribution is -2.49. The van der Waals surface area contributed by atoms with Crippen LogP contribution >= 0.6 is 0 Å². The maximum absolute atomic E-state index is 12.5. The summed E-state index contributed by atoms with van der Waals surface area (Å²) in [5, 5.41) is 3.04. The average molecular weight is 399 g/mol. The van der Waals surface area contributed by atoms with Crippen molar-refractivity contribution in [1.29, 1.82) is 0 Å². The van der Waals surface area contributed by atoms with E-state index in [0.29, 0.717) is 37.4 Å². The summed E-state index contributed by atoms with van der Waals surface area (Å²) in [5.41, 5.74) is 1.30. The Kier molecular flexibility index (Phi) is 6.30. The predicted molar refractivity (Wildman–Crippen MR) is 111 cm³/mol. The van der Waals surface area contributed by atoms with Crippen LogP contribution in [0.4, 0.5) is 0 Å². The van der Waals surface area contributed by atoms with Crippen LogP contribution in [0.15, 0.2) is 47.1 Å². The van der Waals surface area contributed by atoms with Crippen LogP contribution in [0.25, 0.3) is 0 Å². The third kappa shape index (κ3) is 5.40. The van der Waals surface area contributed by atoms with Crippen LogP contribution in [0, 0.1) is 0 Å². The van der Waals surface area contributed by atoms with Crippen molar-refractivity contribution in [2.24, 2.45) is 0 Å². The van der Waals surface area contributed by atoms with Gasteiger partial charge in [0.15, 0.2) is 11.9 Å². The molecule has 2 amide bonds. The van der Waals surface area contributed by atoms with E-state index < -0.39 is 6.10 Å². The van der Waals surface area contributed by atoms with E-state index in [0.717, 1.165) is 0 Å². The second-order valence-electron chi connectivity index (χ2n) is 8.59. The van der Waals surface area contributed by atoms with Gasteiger partial charge in [0.25, 0.3) is 11.8 Å². The molecule has 1 aliphatic heterocycles. The fraction of sp³-hybridized carbons (Fsp3) is 0.478. The first-order valence-corrected chi connectivity index (χ1v) is 10.1. The van der Waals surface area contributed by atoms with Gasteiger partial charge in [0.1, 0.15) is 5.75 Å². The van der Waals surface area contributed by atoms with E-state index in [4.69, 9.17) is 9.15 Å². The Balaban J connectivity index is 1.46. The van der Waals surface area contributed by atoms with E-state index in [1.807, 2.05) is 24.3 Å². The molecule has 0 aliphatic carbocycles. The molecule has 1 aliphatic rings. The van der Waals surface area contributed by atoms with Crippen molar-refractivity contribution in [2.45, 2.75) is 58.1 Å². The molecule has 1 fully saturated rings. The van der Waals surface area contributed by atoms with Crippen LogP contribution in [0.1, 0.15) is 56.7 Å². The summed E-state index contributed by atoms with van der Waals surface area (Å²) in [5.74, 6) is 0.794. The van der Waals surface area contributed by atoms with E-state index in [9.17, 15) is 9.59 Å². The second kappa shape index (κ2) is 8.72. The fourth-order valence-electron chi connectivity index (χ4n) is 3.39. The first-order valence-electron chi connectivity index (χ1n) is 10.1. The van der Waals surface area contributed by atoms with E-state index in [2.05, 4.69) is 26.1 Å². The molecule has 29 heavy (non-hydrogen) atoms. The molecule has 2 aromatic rings. The summed E-state index contributed by atoms with van der Waals surface area (Å²) < 4.78 is 11.0. The lowest BCUT2D eigenvalue weighted by molar-refractivity contribution is -0.128. The molecule has 156 valence electrons. The number of nitrogens with one attached hydrogen (secondary N) is 1. The van der Waals surface area contributed by atoms with Gasteiger partial charge >= 0.3 is 0 Å². The van der Waals surface area contributed by atoms with Gasteiger partial charge in [0.2, 0.25) is 0 Å². The van der Waals surface area contributed by atoms with Crippen molar-refractivity contribution < 1.29 is 18.7 Å². The average Bonchev–Trinajstić information content (AvgIpc) is 3.22. The number of hydrogen-bond acceptors (Lipinski definition) is 4. The molecule has 0 radical (unpaired) electrons. The molecule has 1 aromatic heterocycles. The number of carbonyl (C=O) groups excluding carboxylic acids is 2. The summed E-state index contributed by atoms with van der Waals surface area (Å²) in [6, 6.07) is 11.3. The highest BCUT2D eigenvalue weighted by atomic mass is 16.5. The number of hydrogen-bond donors (Lipinski definition) is 1. The minimum atomic E-state index is -0.585. The molecule has 6 nitrogen and oxygen atoms in total. The van der Waals surface area contributed by atoms with Crippen molar-refractivity contribution in [1.82, 2.24) is 10.2 Å². The van der Waals surface area contributed by atoms with Crippen LogP contribution in [0.5, 0.6) is 5.75 Å². The standard InChI is InChI=1S/C23H30N2O4/c1-16(29-19-9-7-17(8-10-19)23(2,3)4)21(26)24-18-11-13-25(14-12-18)22(27)20-6-5-15-28-20/h5-10,15-16,18H,11-14H2,1-4H3,(H,24,26)/t16-/m1/s1. The number of rotatable bonds is 5. The van der Waals surface area contributed by atoms with Gasteiger partial charge in [-0.2, -0.15) is 0 Å². The summed E-state index contributed by atoms with van der Waals surface area (Å²) in [4.78, 5) is 26.6. The maximum Gasteiger partial charge on any atom is 0.289 e. The zero-order chi connectivity index (χ0) is 21.0. The van der Waals surface area contributed by atoms with Crippen LogP contribution in [-0.2, 0) is 10.2 Å². The van der Waals surface area contributed by atoms with Crippen LogP contribution in [0.3, 0.4) is 0 Å². The third-order valence-corrected chi connectivity index (χ3v) is 5.26. The molecular formula is C23H30N2O4. The molecular weight excluding hydrogens is 368 g/mol. The van der Waals surface area contributed by atoms with Gasteiger partial charge in [-0.15, -0.1) is 0 Å². The van der Waals surface area contributed by atoms with Crippen molar-refractivity contribution in [3.8, 4) is 5.75 Å². The van der Waals surface area contributed by atoms with Gasteiger partial charge < -0.3 is 19.4 Å². The van der Waals surface area contributed by atoms with Crippen molar-refractivity contribution in [3.05, 3.63) is 54.0 Å². The summed E-state index contributed by atoms with van der Waals surface area (Å²) in [6.45, 7) is 9.41.